The van der Waals surface area contributed by atoms with Crippen molar-refractivity contribution >= 4 is 28.6 Å². The van der Waals surface area contributed by atoms with Crippen molar-refractivity contribution < 1.29 is 19.4 Å². The molecule has 8 heteroatoms. The Morgan fingerprint density at radius 3 is 2.83 bits per heavy atom. The van der Waals surface area contributed by atoms with Gasteiger partial charge < -0.3 is 15.2 Å². The smallest absolute Gasteiger partial charge is 0.414 e. The molecule has 0 unspecified atom stereocenters. The number of carbonyl (C=O) groups is 2. The Kier molecular flexibility index (Phi) is 4.22. The maximum Gasteiger partial charge on any atom is 0.414 e. The number of rotatable bonds is 4. The van der Waals surface area contributed by atoms with Crippen LogP contribution in [0.4, 0.5) is 10.5 Å². The number of cyclic esters (lactones) is 1. The Morgan fingerprint density at radius 2 is 2.12 bits per heavy atom. The van der Waals surface area contributed by atoms with E-state index in [1.807, 2.05) is 0 Å². The number of aromatic nitrogens is 1. The van der Waals surface area contributed by atoms with E-state index < -0.39 is 18.9 Å². The van der Waals surface area contributed by atoms with Gasteiger partial charge in [-0.3, -0.25) is 19.1 Å². The lowest BCUT2D eigenvalue weighted by Gasteiger charge is -2.15. The van der Waals surface area contributed by atoms with Gasteiger partial charge in [0.2, 0.25) is 5.91 Å². The number of fused-ring (bicyclic) bond motifs is 1. The van der Waals surface area contributed by atoms with Crippen LogP contribution in [0.2, 0.25) is 0 Å². The maximum atomic E-state index is 12.0. The van der Waals surface area contributed by atoms with Gasteiger partial charge in [-0.1, -0.05) is 0 Å². The van der Waals surface area contributed by atoms with Crippen LogP contribution in [0.25, 0.3) is 10.9 Å². The Morgan fingerprint density at radius 1 is 1.33 bits per heavy atom. The largest absolute Gasteiger partial charge is 0.442 e. The second-order valence-corrected chi connectivity index (χ2v) is 5.54. The molecule has 1 aromatic heterocycles. The van der Waals surface area contributed by atoms with Crippen LogP contribution in [0, 0.1) is 0 Å². The van der Waals surface area contributed by atoms with Crippen molar-refractivity contribution in [1.82, 2.24) is 9.88 Å². The monoisotopic (exact) mass is 331 g/mol. The molecule has 24 heavy (non-hydrogen) atoms. The molecule has 1 atom stereocenters. The minimum atomic E-state index is -0.486. The van der Waals surface area contributed by atoms with E-state index in [0.29, 0.717) is 17.7 Å². The van der Waals surface area contributed by atoms with E-state index in [4.69, 9.17) is 4.74 Å². The molecule has 2 N–H and O–H groups in total. The van der Waals surface area contributed by atoms with Crippen LogP contribution < -0.4 is 15.8 Å². The molecule has 3 rings (SSSR count). The number of hydrogen-bond donors (Lipinski definition) is 2. The second kappa shape index (κ2) is 6.32. The molecule has 2 aromatic rings. The van der Waals surface area contributed by atoms with Crippen LogP contribution in [0.15, 0.2) is 35.1 Å². The molecular formula is C16H17N3O5. The highest BCUT2D eigenvalue weighted by molar-refractivity contribution is 5.93. The maximum absolute atomic E-state index is 12.0. The first-order valence-corrected chi connectivity index (χ1v) is 7.46. The van der Waals surface area contributed by atoms with Crippen LogP contribution in [0.5, 0.6) is 0 Å². The molecule has 0 spiro atoms. The predicted octanol–water partition coefficient (Wildman–Crippen LogP) is 0.413. The zero-order chi connectivity index (χ0) is 17.3. The summed E-state index contributed by atoms with van der Waals surface area (Å²) in [5, 5.41) is 12.7. The van der Waals surface area contributed by atoms with Crippen molar-refractivity contribution in [2.24, 2.45) is 0 Å². The number of anilines is 1. The third-order valence-electron chi connectivity index (χ3n) is 3.88. The van der Waals surface area contributed by atoms with E-state index in [-0.39, 0.29) is 18.0 Å². The van der Waals surface area contributed by atoms with Gasteiger partial charge in [-0.25, -0.2) is 4.79 Å². The first-order chi connectivity index (χ1) is 11.5. The average molecular weight is 331 g/mol. The van der Waals surface area contributed by atoms with E-state index in [0.717, 1.165) is 5.39 Å². The van der Waals surface area contributed by atoms with E-state index >= 15 is 0 Å². The normalized spacial score (nSPS) is 17.2. The van der Waals surface area contributed by atoms with Gasteiger partial charge in [0.05, 0.1) is 18.6 Å². The van der Waals surface area contributed by atoms with E-state index in [9.17, 15) is 19.5 Å². The Hall–Kier alpha value is -2.87. The SMILES string of the molecule is CC(=O)NC[C@H]1CN(c2ccc3c(ccc(=O)n3CO)c2)C(=O)O1. The summed E-state index contributed by atoms with van der Waals surface area (Å²) in [6.45, 7) is 1.57. The number of hydrogen-bond acceptors (Lipinski definition) is 5. The number of nitrogens with one attached hydrogen (secondary N) is 1. The number of aliphatic hydroxyl groups excluding tert-OH is 1. The highest BCUT2D eigenvalue weighted by Gasteiger charge is 2.32. The van der Waals surface area contributed by atoms with Gasteiger partial charge in [0.1, 0.15) is 12.8 Å². The standard InChI is InChI=1S/C16H17N3O5/c1-10(21)17-7-13-8-18(16(23)24-13)12-3-4-14-11(6-12)2-5-15(22)19(14)9-20/h2-6,13,20H,7-9H2,1H3,(H,17,21)/t13-/m0/s1. The van der Waals surface area contributed by atoms with Crippen molar-refractivity contribution in [2.45, 2.75) is 19.8 Å². The fourth-order valence-corrected chi connectivity index (χ4v) is 2.70. The number of nitrogens with zero attached hydrogens (tertiary/aromatic N) is 2. The fraction of sp³-hybridized carbons (Fsp3) is 0.312. The Labute approximate surface area is 137 Å². The lowest BCUT2D eigenvalue weighted by Crippen LogP contribution is -2.33. The van der Waals surface area contributed by atoms with Gasteiger partial charge in [-0.05, 0) is 24.3 Å². The molecule has 1 fully saturated rings. The van der Waals surface area contributed by atoms with Crippen LogP contribution in [-0.4, -0.2) is 40.9 Å². The first-order valence-electron chi connectivity index (χ1n) is 7.46. The van der Waals surface area contributed by atoms with Crippen LogP contribution >= 0.6 is 0 Å². The summed E-state index contributed by atoms with van der Waals surface area (Å²) in [4.78, 5) is 36.2. The summed E-state index contributed by atoms with van der Waals surface area (Å²) in [6.07, 6.45) is -0.899. The zero-order valence-electron chi connectivity index (χ0n) is 13.1. The van der Waals surface area contributed by atoms with Gasteiger partial charge in [0.25, 0.3) is 5.56 Å². The van der Waals surface area contributed by atoms with Gasteiger partial charge in [-0.15, -0.1) is 0 Å². The molecular weight excluding hydrogens is 314 g/mol. The molecule has 0 saturated carbocycles. The number of benzene rings is 1. The summed E-state index contributed by atoms with van der Waals surface area (Å²) in [5.41, 5.74) is 0.908. The molecule has 1 saturated heterocycles. The van der Waals surface area contributed by atoms with Crippen molar-refractivity contribution in [2.75, 3.05) is 18.0 Å². The quantitative estimate of drug-likeness (QED) is 0.845. The zero-order valence-corrected chi connectivity index (χ0v) is 13.1. The number of pyridine rings is 1. The van der Waals surface area contributed by atoms with Gasteiger partial charge in [0.15, 0.2) is 0 Å². The van der Waals surface area contributed by atoms with Crippen LogP contribution in [-0.2, 0) is 16.3 Å². The third-order valence-corrected chi connectivity index (χ3v) is 3.88. The first kappa shape index (κ1) is 16.0. The second-order valence-electron chi connectivity index (χ2n) is 5.54. The molecule has 0 aliphatic carbocycles. The Bertz CT molecular complexity index is 860. The summed E-state index contributed by atoms with van der Waals surface area (Å²) < 4.78 is 6.47. The predicted molar refractivity (Wildman–Crippen MR) is 86.7 cm³/mol. The minimum absolute atomic E-state index is 0.183. The van der Waals surface area contributed by atoms with E-state index in [2.05, 4.69) is 5.32 Å². The highest BCUT2D eigenvalue weighted by Crippen LogP contribution is 2.25. The topological polar surface area (TPSA) is 101 Å². The van der Waals surface area contributed by atoms with Gasteiger partial charge in [0, 0.05) is 24.1 Å². The number of ether oxygens (including phenoxy) is 1. The highest BCUT2D eigenvalue weighted by atomic mass is 16.6. The molecule has 1 aliphatic rings. The average Bonchev–Trinajstić information content (AvgIpc) is 2.93. The summed E-state index contributed by atoms with van der Waals surface area (Å²) in [7, 11) is 0. The Balaban J connectivity index is 1.87. The summed E-state index contributed by atoms with van der Waals surface area (Å²) in [5.74, 6) is -0.183. The number of aliphatic hydroxyl groups is 1. The number of amides is 2. The molecule has 0 radical (unpaired) electrons. The lowest BCUT2D eigenvalue weighted by atomic mass is 10.1. The molecule has 126 valence electrons. The van der Waals surface area contributed by atoms with E-state index in [1.54, 1.807) is 24.3 Å². The van der Waals surface area contributed by atoms with Crippen LogP contribution in [0.1, 0.15) is 6.92 Å². The van der Waals surface area contributed by atoms with Crippen molar-refractivity contribution in [3.8, 4) is 0 Å². The van der Waals surface area contributed by atoms with Crippen molar-refractivity contribution in [3.63, 3.8) is 0 Å². The molecule has 8 nitrogen and oxygen atoms in total. The van der Waals surface area contributed by atoms with Crippen LogP contribution in [0.3, 0.4) is 0 Å². The van der Waals surface area contributed by atoms with Crippen molar-refractivity contribution in [3.05, 3.63) is 40.7 Å². The number of carbonyl (C=O) groups excluding carboxylic acids is 2. The van der Waals surface area contributed by atoms with Gasteiger partial charge in [-0.2, -0.15) is 0 Å². The molecule has 2 heterocycles. The third kappa shape index (κ3) is 2.95. The minimum Gasteiger partial charge on any atom is -0.442 e. The molecule has 1 aliphatic heterocycles. The molecule has 2 amide bonds. The summed E-state index contributed by atoms with van der Waals surface area (Å²) >= 11 is 0. The summed E-state index contributed by atoms with van der Waals surface area (Å²) in [6, 6.07) is 8.13. The van der Waals surface area contributed by atoms with Gasteiger partial charge >= 0.3 is 6.09 Å². The lowest BCUT2D eigenvalue weighted by molar-refractivity contribution is -0.119. The fourth-order valence-electron chi connectivity index (χ4n) is 2.70. The molecule has 1 aromatic carbocycles. The van der Waals surface area contributed by atoms with Crippen molar-refractivity contribution in [1.29, 1.82) is 0 Å². The molecule has 0 bridgehead atoms. The van der Waals surface area contributed by atoms with E-state index in [1.165, 1.54) is 22.5 Å².